The van der Waals surface area contributed by atoms with Gasteiger partial charge in [0.2, 0.25) is 5.95 Å². The Morgan fingerprint density at radius 2 is 1.86 bits per heavy atom. The monoisotopic (exact) mass is 481 g/mol. The van der Waals surface area contributed by atoms with Crippen LogP contribution in [0.1, 0.15) is 22.5 Å². The van der Waals surface area contributed by atoms with Crippen molar-refractivity contribution in [2.75, 3.05) is 54.8 Å². The van der Waals surface area contributed by atoms with Gasteiger partial charge in [-0.2, -0.15) is 0 Å². The third-order valence-electron chi connectivity index (χ3n) is 5.72. The zero-order valence-electron chi connectivity index (χ0n) is 19.5. The number of carbonyl (C=O) groups excluding carboxylic acids is 2. The van der Waals surface area contributed by atoms with E-state index in [9.17, 15) is 14.0 Å². The molecule has 1 aromatic carbocycles. The number of nitrogens with one attached hydrogen (secondary N) is 3. The lowest BCUT2D eigenvalue weighted by Crippen LogP contribution is -2.47. The molecular weight excluding hydrogens is 453 g/mol. The van der Waals surface area contributed by atoms with Crippen LogP contribution in [-0.2, 0) is 0 Å². The first-order valence-corrected chi connectivity index (χ1v) is 11.4. The van der Waals surface area contributed by atoms with Crippen molar-refractivity contribution >= 4 is 29.3 Å². The van der Waals surface area contributed by atoms with Crippen LogP contribution in [0.15, 0.2) is 53.4 Å². The van der Waals surface area contributed by atoms with Crippen LogP contribution in [0.3, 0.4) is 0 Å². The number of urea groups is 1. The molecule has 10 nitrogen and oxygen atoms in total. The second kappa shape index (κ2) is 11.4. The number of aryl methyl sites for hydroxylation is 1. The number of nitrogens with zero attached hydrogens (tertiary/aromatic N) is 4. The van der Waals surface area contributed by atoms with E-state index in [4.69, 9.17) is 4.42 Å². The van der Waals surface area contributed by atoms with Gasteiger partial charge in [0.1, 0.15) is 11.6 Å². The fourth-order valence-electron chi connectivity index (χ4n) is 3.81. The molecule has 0 aliphatic carbocycles. The number of furan rings is 1. The van der Waals surface area contributed by atoms with E-state index in [2.05, 4.69) is 35.7 Å². The first-order valence-electron chi connectivity index (χ1n) is 11.4. The Kier molecular flexibility index (Phi) is 7.88. The molecular formula is C24H28FN7O3. The fraction of sp³-hybridized carbons (Fsp3) is 0.333. The molecule has 0 bridgehead atoms. The minimum absolute atomic E-state index is 0.0338. The summed E-state index contributed by atoms with van der Waals surface area (Å²) >= 11 is 0. The molecule has 184 valence electrons. The van der Waals surface area contributed by atoms with Gasteiger partial charge in [-0.1, -0.05) is 0 Å². The number of piperazine rings is 1. The van der Waals surface area contributed by atoms with E-state index in [1.165, 1.54) is 30.5 Å². The summed E-state index contributed by atoms with van der Waals surface area (Å²) in [7, 11) is 0. The van der Waals surface area contributed by atoms with Gasteiger partial charge < -0.3 is 25.3 Å². The summed E-state index contributed by atoms with van der Waals surface area (Å²) in [5, 5.41) is 7.99. The highest BCUT2D eigenvalue weighted by atomic mass is 19.1. The van der Waals surface area contributed by atoms with Gasteiger partial charge >= 0.3 is 6.03 Å². The Morgan fingerprint density at radius 3 is 2.57 bits per heavy atom. The first kappa shape index (κ1) is 24.1. The van der Waals surface area contributed by atoms with E-state index in [1.54, 1.807) is 25.4 Å². The van der Waals surface area contributed by atoms with E-state index >= 15 is 0 Å². The van der Waals surface area contributed by atoms with Crippen LogP contribution < -0.4 is 20.9 Å². The van der Waals surface area contributed by atoms with Crippen molar-refractivity contribution in [2.45, 2.75) is 13.3 Å². The SMILES string of the molecule is Cc1occc1C(=O)Nc1cc(NC(=O)NCCCN2CCN(c3ncccn3)CC2)ccc1F. The maximum Gasteiger partial charge on any atom is 0.319 e. The van der Waals surface area contributed by atoms with Gasteiger partial charge in [0.15, 0.2) is 0 Å². The van der Waals surface area contributed by atoms with Gasteiger partial charge in [-0.25, -0.2) is 19.2 Å². The maximum atomic E-state index is 14.2. The number of carbonyl (C=O) groups is 2. The van der Waals surface area contributed by atoms with Gasteiger partial charge in [-0.15, -0.1) is 0 Å². The Morgan fingerprint density at radius 1 is 1.09 bits per heavy atom. The number of amides is 3. The third kappa shape index (κ3) is 6.54. The Bertz CT molecular complexity index is 1150. The highest BCUT2D eigenvalue weighted by Gasteiger charge is 2.18. The van der Waals surface area contributed by atoms with Crippen molar-refractivity contribution in [3.63, 3.8) is 0 Å². The molecule has 3 N–H and O–H groups in total. The molecule has 0 radical (unpaired) electrons. The number of hydrogen-bond acceptors (Lipinski definition) is 7. The second-order valence-corrected chi connectivity index (χ2v) is 8.15. The third-order valence-corrected chi connectivity index (χ3v) is 5.72. The Balaban J connectivity index is 1.18. The number of aromatic nitrogens is 2. The largest absolute Gasteiger partial charge is 0.469 e. The minimum Gasteiger partial charge on any atom is -0.469 e. The molecule has 0 spiro atoms. The van der Waals surface area contributed by atoms with Crippen LogP contribution in [0, 0.1) is 12.7 Å². The minimum atomic E-state index is -0.607. The first-order chi connectivity index (χ1) is 17.0. The van der Waals surface area contributed by atoms with Gasteiger partial charge in [-0.05, 0) is 50.2 Å². The molecule has 2 aromatic heterocycles. The summed E-state index contributed by atoms with van der Waals surface area (Å²) in [5.74, 6) is 0.0903. The predicted molar refractivity (Wildman–Crippen MR) is 130 cm³/mol. The van der Waals surface area contributed by atoms with Crippen LogP contribution in [0.2, 0.25) is 0 Å². The van der Waals surface area contributed by atoms with Gasteiger partial charge in [-0.3, -0.25) is 9.69 Å². The highest BCUT2D eigenvalue weighted by Crippen LogP contribution is 2.21. The molecule has 35 heavy (non-hydrogen) atoms. The molecule has 3 heterocycles. The van der Waals surface area contributed by atoms with Crippen molar-refractivity contribution in [2.24, 2.45) is 0 Å². The molecule has 3 aromatic rings. The smallest absolute Gasteiger partial charge is 0.319 e. The Hall–Kier alpha value is -3.99. The van der Waals surface area contributed by atoms with Crippen molar-refractivity contribution < 1.29 is 18.4 Å². The molecule has 3 amide bonds. The average Bonchev–Trinajstić information content (AvgIpc) is 3.31. The molecule has 4 rings (SSSR count). The zero-order valence-corrected chi connectivity index (χ0v) is 19.5. The van der Waals surface area contributed by atoms with Crippen LogP contribution in [-0.4, -0.2) is 66.1 Å². The molecule has 1 aliphatic heterocycles. The summed E-state index contributed by atoms with van der Waals surface area (Å²) in [6.45, 7) is 6.55. The van der Waals surface area contributed by atoms with E-state index in [0.29, 0.717) is 23.6 Å². The van der Waals surface area contributed by atoms with Gasteiger partial charge in [0.05, 0.1) is 17.5 Å². The van der Waals surface area contributed by atoms with Crippen LogP contribution in [0.25, 0.3) is 0 Å². The lowest BCUT2D eigenvalue weighted by molar-refractivity contribution is 0.102. The second-order valence-electron chi connectivity index (χ2n) is 8.15. The van der Waals surface area contributed by atoms with E-state index < -0.39 is 17.8 Å². The lowest BCUT2D eigenvalue weighted by atomic mass is 10.2. The topological polar surface area (TPSA) is 116 Å². The summed E-state index contributed by atoms with van der Waals surface area (Å²) in [6, 6.07) is 6.91. The van der Waals surface area contributed by atoms with Crippen LogP contribution in [0.4, 0.5) is 26.5 Å². The van der Waals surface area contributed by atoms with E-state index in [-0.39, 0.29) is 5.69 Å². The predicted octanol–water partition coefficient (Wildman–Crippen LogP) is 3.10. The standard InChI is InChI=1S/C24H28FN7O3/c1-17-19(6-15-35-17)22(33)30-21-16-18(4-5-20(21)25)29-24(34)28-9-3-10-31-11-13-32(14-12-31)23-26-7-2-8-27-23/h2,4-8,15-16H,3,9-14H2,1H3,(H,30,33)(H2,28,29,34). The molecule has 0 saturated carbocycles. The number of rotatable bonds is 8. The quantitative estimate of drug-likeness (QED) is 0.424. The molecule has 1 fully saturated rings. The molecule has 0 atom stereocenters. The lowest BCUT2D eigenvalue weighted by Gasteiger charge is -2.34. The van der Waals surface area contributed by atoms with Crippen molar-refractivity contribution in [3.8, 4) is 0 Å². The van der Waals surface area contributed by atoms with Crippen LogP contribution >= 0.6 is 0 Å². The van der Waals surface area contributed by atoms with Crippen molar-refractivity contribution in [1.29, 1.82) is 0 Å². The number of anilines is 3. The summed E-state index contributed by atoms with van der Waals surface area (Å²) in [6.07, 6.45) is 5.68. The van der Waals surface area contributed by atoms with Gasteiger partial charge in [0, 0.05) is 50.8 Å². The summed E-state index contributed by atoms with van der Waals surface area (Å²) < 4.78 is 19.3. The number of benzene rings is 1. The average molecular weight is 482 g/mol. The fourth-order valence-corrected chi connectivity index (χ4v) is 3.81. The molecule has 1 saturated heterocycles. The van der Waals surface area contributed by atoms with Crippen LogP contribution in [0.5, 0.6) is 0 Å². The van der Waals surface area contributed by atoms with E-state index in [1.807, 2.05) is 0 Å². The maximum absolute atomic E-state index is 14.2. The number of halogens is 1. The molecule has 0 unspecified atom stereocenters. The number of hydrogen-bond donors (Lipinski definition) is 3. The summed E-state index contributed by atoms with van der Waals surface area (Å²) in [5.41, 5.74) is 0.645. The van der Waals surface area contributed by atoms with Gasteiger partial charge in [0.25, 0.3) is 5.91 Å². The van der Waals surface area contributed by atoms with Crippen molar-refractivity contribution in [1.82, 2.24) is 20.2 Å². The zero-order chi connectivity index (χ0) is 24.6. The molecule has 11 heteroatoms. The summed E-state index contributed by atoms with van der Waals surface area (Å²) in [4.78, 5) is 37.7. The highest BCUT2D eigenvalue weighted by molar-refractivity contribution is 6.05. The Labute approximate surface area is 202 Å². The van der Waals surface area contributed by atoms with E-state index in [0.717, 1.165) is 45.1 Å². The molecule has 1 aliphatic rings. The normalized spacial score (nSPS) is 13.9. The van der Waals surface area contributed by atoms with Crippen molar-refractivity contribution in [3.05, 3.63) is 66.1 Å².